The number of rotatable bonds is 3. The molecule has 82 valence electrons. The molecule has 1 atom stereocenters. The molecule has 1 rings (SSSR count). The molecule has 1 amide bonds. The molecule has 1 fully saturated rings. The maximum absolute atomic E-state index is 12.9. The number of halogens is 2. The second-order valence-corrected chi connectivity index (χ2v) is 3.66. The standard InChI is InChI=1S/C9H15F2NO2/c10-9(11)3-1-2-7(6-9)8(14)12-4-5-13/h7,13H,1-6H2,(H,12,14). The highest BCUT2D eigenvalue weighted by molar-refractivity contribution is 5.78. The van der Waals surface area contributed by atoms with Crippen molar-refractivity contribution in [3.8, 4) is 0 Å². The maximum atomic E-state index is 12.9. The minimum Gasteiger partial charge on any atom is -0.395 e. The van der Waals surface area contributed by atoms with Crippen LogP contribution in [0.5, 0.6) is 0 Å². The Morgan fingerprint density at radius 1 is 1.57 bits per heavy atom. The van der Waals surface area contributed by atoms with E-state index in [-0.39, 0.29) is 31.9 Å². The molecule has 0 aromatic heterocycles. The van der Waals surface area contributed by atoms with Crippen LogP contribution in [0.3, 0.4) is 0 Å². The van der Waals surface area contributed by atoms with Gasteiger partial charge >= 0.3 is 0 Å². The molecule has 1 aliphatic rings. The molecular formula is C9H15F2NO2. The van der Waals surface area contributed by atoms with Crippen molar-refractivity contribution in [2.24, 2.45) is 5.92 Å². The van der Waals surface area contributed by atoms with Crippen LogP contribution in [-0.4, -0.2) is 30.1 Å². The smallest absolute Gasteiger partial charge is 0.248 e. The Hall–Kier alpha value is -0.710. The topological polar surface area (TPSA) is 49.3 Å². The van der Waals surface area contributed by atoms with Crippen molar-refractivity contribution in [1.29, 1.82) is 0 Å². The minimum absolute atomic E-state index is 0.114. The predicted octanol–water partition coefficient (Wildman–Crippen LogP) is 0.920. The zero-order valence-electron chi connectivity index (χ0n) is 7.93. The summed E-state index contributed by atoms with van der Waals surface area (Å²) in [6.45, 7) is -0.0181. The van der Waals surface area contributed by atoms with Crippen LogP contribution < -0.4 is 5.32 Å². The van der Waals surface area contributed by atoms with Gasteiger partial charge in [0, 0.05) is 25.3 Å². The van der Waals surface area contributed by atoms with Crippen LogP contribution in [0.4, 0.5) is 8.78 Å². The normalized spacial score (nSPS) is 25.8. The highest BCUT2D eigenvalue weighted by Gasteiger charge is 2.38. The number of hydrogen-bond donors (Lipinski definition) is 2. The number of nitrogens with one attached hydrogen (secondary N) is 1. The molecule has 3 nitrogen and oxygen atoms in total. The van der Waals surface area contributed by atoms with Gasteiger partial charge in [0.15, 0.2) is 0 Å². The van der Waals surface area contributed by atoms with Gasteiger partial charge in [-0.15, -0.1) is 0 Å². The number of alkyl halides is 2. The summed E-state index contributed by atoms with van der Waals surface area (Å²) in [5, 5.41) is 10.9. The van der Waals surface area contributed by atoms with E-state index in [0.717, 1.165) is 0 Å². The Kier molecular flexibility index (Phi) is 3.80. The first-order chi connectivity index (χ1) is 6.55. The molecule has 1 aliphatic carbocycles. The van der Waals surface area contributed by atoms with Gasteiger partial charge in [0.1, 0.15) is 0 Å². The van der Waals surface area contributed by atoms with E-state index in [4.69, 9.17) is 5.11 Å². The van der Waals surface area contributed by atoms with Gasteiger partial charge in [0.25, 0.3) is 0 Å². The lowest BCUT2D eigenvalue weighted by Gasteiger charge is -2.27. The van der Waals surface area contributed by atoms with Gasteiger partial charge < -0.3 is 10.4 Å². The molecule has 0 aliphatic heterocycles. The second-order valence-electron chi connectivity index (χ2n) is 3.66. The van der Waals surface area contributed by atoms with Gasteiger partial charge in [0.05, 0.1) is 6.61 Å². The van der Waals surface area contributed by atoms with Crippen molar-refractivity contribution in [3.63, 3.8) is 0 Å². The Labute approximate surface area is 81.5 Å². The number of carbonyl (C=O) groups is 1. The van der Waals surface area contributed by atoms with Gasteiger partial charge in [0.2, 0.25) is 11.8 Å². The first kappa shape index (κ1) is 11.4. The van der Waals surface area contributed by atoms with E-state index in [0.29, 0.717) is 12.8 Å². The minimum atomic E-state index is -2.69. The lowest BCUT2D eigenvalue weighted by molar-refractivity contribution is -0.132. The Morgan fingerprint density at radius 2 is 2.29 bits per heavy atom. The average Bonchev–Trinajstić information content (AvgIpc) is 2.12. The van der Waals surface area contributed by atoms with E-state index < -0.39 is 11.8 Å². The molecule has 5 heteroatoms. The summed E-state index contributed by atoms with van der Waals surface area (Å²) >= 11 is 0. The Morgan fingerprint density at radius 3 is 2.86 bits per heavy atom. The fourth-order valence-corrected chi connectivity index (χ4v) is 1.72. The van der Waals surface area contributed by atoms with Crippen LogP contribution >= 0.6 is 0 Å². The molecule has 0 aromatic carbocycles. The van der Waals surface area contributed by atoms with Crippen LogP contribution in [0.2, 0.25) is 0 Å². The summed E-state index contributed by atoms with van der Waals surface area (Å²) in [5.74, 6) is -3.65. The maximum Gasteiger partial charge on any atom is 0.248 e. The zero-order valence-corrected chi connectivity index (χ0v) is 7.93. The third-order valence-electron chi connectivity index (χ3n) is 2.42. The van der Waals surface area contributed by atoms with Gasteiger partial charge in [-0.25, -0.2) is 8.78 Å². The number of carbonyl (C=O) groups excluding carboxylic acids is 1. The SMILES string of the molecule is O=C(NCCO)C1CCCC(F)(F)C1. The van der Waals surface area contributed by atoms with Gasteiger partial charge in [-0.2, -0.15) is 0 Å². The van der Waals surface area contributed by atoms with E-state index in [9.17, 15) is 13.6 Å². The van der Waals surface area contributed by atoms with Gasteiger partial charge in [-0.05, 0) is 12.8 Å². The molecule has 1 saturated carbocycles. The zero-order chi connectivity index (χ0) is 10.6. The average molecular weight is 207 g/mol. The Balaban J connectivity index is 2.40. The van der Waals surface area contributed by atoms with E-state index >= 15 is 0 Å². The summed E-state index contributed by atoms with van der Waals surface area (Å²) in [6.07, 6.45) is 0.443. The molecular weight excluding hydrogens is 192 g/mol. The predicted molar refractivity (Wildman–Crippen MR) is 47.0 cm³/mol. The molecule has 0 spiro atoms. The van der Waals surface area contributed by atoms with Crippen LogP contribution in [0.25, 0.3) is 0 Å². The highest BCUT2D eigenvalue weighted by atomic mass is 19.3. The second kappa shape index (κ2) is 4.68. The number of hydrogen-bond acceptors (Lipinski definition) is 2. The van der Waals surface area contributed by atoms with Crippen molar-refractivity contribution in [2.45, 2.75) is 31.6 Å². The van der Waals surface area contributed by atoms with Gasteiger partial charge in [-0.3, -0.25) is 4.79 Å². The number of aliphatic hydroxyl groups is 1. The van der Waals surface area contributed by atoms with Crippen molar-refractivity contribution >= 4 is 5.91 Å². The van der Waals surface area contributed by atoms with Crippen molar-refractivity contribution in [2.75, 3.05) is 13.2 Å². The summed E-state index contributed by atoms with van der Waals surface area (Å²) in [7, 11) is 0. The largest absolute Gasteiger partial charge is 0.395 e. The fraction of sp³-hybridized carbons (Fsp3) is 0.889. The number of aliphatic hydroxyl groups excluding tert-OH is 1. The lowest BCUT2D eigenvalue weighted by Crippen LogP contribution is -2.38. The van der Waals surface area contributed by atoms with Crippen molar-refractivity contribution in [1.82, 2.24) is 5.32 Å². The molecule has 0 heterocycles. The number of amides is 1. The van der Waals surface area contributed by atoms with E-state index in [1.807, 2.05) is 0 Å². The van der Waals surface area contributed by atoms with E-state index in [1.165, 1.54) is 0 Å². The first-order valence-corrected chi connectivity index (χ1v) is 4.81. The molecule has 0 aromatic rings. The highest BCUT2D eigenvalue weighted by Crippen LogP contribution is 2.36. The third kappa shape index (κ3) is 3.21. The van der Waals surface area contributed by atoms with Crippen LogP contribution in [0.15, 0.2) is 0 Å². The van der Waals surface area contributed by atoms with Crippen LogP contribution in [0.1, 0.15) is 25.7 Å². The van der Waals surface area contributed by atoms with Crippen molar-refractivity contribution < 1.29 is 18.7 Å². The quantitative estimate of drug-likeness (QED) is 0.723. The summed E-state index contributed by atoms with van der Waals surface area (Å²) in [5.41, 5.74) is 0. The van der Waals surface area contributed by atoms with Crippen LogP contribution in [0, 0.1) is 5.92 Å². The Bertz CT molecular complexity index is 209. The summed E-state index contributed by atoms with van der Waals surface area (Å²) in [6, 6.07) is 0. The monoisotopic (exact) mass is 207 g/mol. The molecule has 0 saturated heterocycles. The van der Waals surface area contributed by atoms with Crippen molar-refractivity contribution in [3.05, 3.63) is 0 Å². The third-order valence-corrected chi connectivity index (χ3v) is 2.42. The summed E-state index contributed by atoms with van der Waals surface area (Å²) in [4.78, 5) is 11.3. The molecule has 1 unspecified atom stereocenters. The van der Waals surface area contributed by atoms with E-state index in [2.05, 4.69) is 5.32 Å². The fourth-order valence-electron chi connectivity index (χ4n) is 1.72. The first-order valence-electron chi connectivity index (χ1n) is 4.81. The molecule has 14 heavy (non-hydrogen) atoms. The molecule has 2 N–H and O–H groups in total. The summed E-state index contributed by atoms with van der Waals surface area (Å²) < 4.78 is 25.8. The van der Waals surface area contributed by atoms with Crippen LogP contribution in [-0.2, 0) is 4.79 Å². The molecule has 0 radical (unpaired) electrons. The van der Waals surface area contributed by atoms with E-state index in [1.54, 1.807) is 0 Å². The van der Waals surface area contributed by atoms with Gasteiger partial charge in [-0.1, -0.05) is 0 Å². The lowest BCUT2D eigenvalue weighted by atomic mass is 9.86. The molecule has 0 bridgehead atoms.